The zero-order chi connectivity index (χ0) is 18.8. The number of benzene rings is 1. The highest BCUT2D eigenvalue weighted by atomic mass is 28.4. The zero-order valence-corrected chi connectivity index (χ0v) is 14.7. The number of halogens is 6. The van der Waals surface area contributed by atoms with E-state index in [9.17, 15) is 26.3 Å². The average molecular weight is 373 g/mol. The monoisotopic (exact) mass is 373 g/mol. The minimum Gasteiger partial charge on any atom is -0.399 e. The van der Waals surface area contributed by atoms with Crippen LogP contribution in [0.15, 0.2) is 24.3 Å². The maximum Gasteiger partial charge on any atom is 0.429 e. The Balaban J connectivity index is 3.70. The second kappa shape index (κ2) is 6.95. The fourth-order valence-electron chi connectivity index (χ4n) is 2.67. The molecule has 0 aliphatic rings. The molecule has 0 fully saturated rings. The third-order valence-electron chi connectivity index (χ3n) is 4.42. The zero-order valence-electron chi connectivity index (χ0n) is 13.7. The summed E-state index contributed by atoms with van der Waals surface area (Å²) in [5, 5.41) is 0. The molecule has 0 amide bonds. The Kier molecular flexibility index (Phi) is 6.03. The lowest BCUT2D eigenvalue weighted by molar-refractivity contribution is -0.369. The van der Waals surface area contributed by atoms with Gasteiger partial charge in [0, 0.05) is 11.3 Å². The minimum absolute atomic E-state index is 0.0713. The highest BCUT2D eigenvalue weighted by molar-refractivity contribution is 6.73. The Morgan fingerprint density at radius 1 is 0.833 bits per heavy atom. The van der Waals surface area contributed by atoms with Gasteiger partial charge >= 0.3 is 12.4 Å². The Bertz CT molecular complexity index is 514. The molecular weight excluding hydrogens is 352 g/mol. The molecule has 2 nitrogen and oxygen atoms in total. The standard InChI is InChI=1S/C15H21F6NOSi/c1-4-24(5-2,6-3)23-13(14(16,17)18,15(19,20)21)11-7-9-12(22)10-8-11/h7-10H,4-6,22H2,1-3H3. The smallest absolute Gasteiger partial charge is 0.399 e. The molecule has 138 valence electrons. The van der Waals surface area contributed by atoms with Gasteiger partial charge in [-0.05, 0) is 30.3 Å². The molecule has 1 aromatic rings. The van der Waals surface area contributed by atoms with Gasteiger partial charge in [-0.1, -0.05) is 32.9 Å². The summed E-state index contributed by atoms with van der Waals surface area (Å²) in [7, 11) is -3.24. The molecule has 0 aromatic heterocycles. The maximum atomic E-state index is 13.7. The number of hydrogen-bond donors (Lipinski definition) is 1. The summed E-state index contributed by atoms with van der Waals surface area (Å²) in [6.45, 7) is 4.71. The van der Waals surface area contributed by atoms with Crippen LogP contribution in [0.1, 0.15) is 26.3 Å². The quantitative estimate of drug-likeness (QED) is 0.400. The van der Waals surface area contributed by atoms with Crippen molar-refractivity contribution in [2.75, 3.05) is 5.73 Å². The predicted octanol–water partition coefficient (Wildman–Crippen LogP) is 5.61. The molecule has 0 atom stereocenters. The summed E-state index contributed by atoms with van der Waals surface area (Å²) in [5.41, 5.74) is 0.129. The molecule has 1 aromatic carbocycles. The molecule has 0 radical (unpaired) electrons. The van der Waals surface area contributed by atoms with E-state index < -0.39 is 31.8 Å². The molecule has 0 unspecified atom stereocenters. The molecule has 0 heterocycles. The van der Waals surface area contributed by atoms with Crippen LogP contribution in [-0.2, 0) is 10.0 Å². The number of rotatable bonds is 6. The first kappa shape index (κ1) is 20.8. The Hall–Kier alpha value is -1.22. The van der Waals surface area contributed by atoms with Crippen molar-refractivity contribution < 1.29 is 30.8 Å². The second-order valence-electron chi connectivity index (χ2n) is 5.64. The fraction of sp³-hybridized carbons (Fsp3) is 0.600. The molecule has 0 bridgehead atoms. The largest absolute Gasteiger partial charge is 0.429 e. The molecule has 0 saturated heterocycles. The van der Waals surface area contributed by atoms with E-state index >= 15 is 0 Å². The van der Waals surface area contributed by atoms with Crippen molar-refractivity contribution in [3.05, 3.63) is 29.8 Å². The van der Waals surface area contributed by atoms with Crippen LogP contribution in [0.5, 0.6) is 0 Å². The van der Waals surface area contributed by atoms with E-state index in [1.165, 1.54) is 0 Å². The van der Waals surface area contributed by atoms with E-state index in [1.54, 1.807) is 20.8 Å². The molecule has 0 spiro atoms. The van der Waals surface area contributed by atoms with Crippen LogP contribution in [0.4, 0.5) is 32.0 Å². The van der Waals surface area contributed by atoms with Gasteiger partial charge in [-0.15, -0.1) is 0 Å². The van der Waals surface area contributed by atoms with Gasteiger partial charge in [0.1, 0.15) is 0 Å². The van der Waals surface area contributed by atoms with Crippen LogP contribution in [0.3, 0.4) is 0 Å². The molecule has 2 N–H and O–H groups in total. The third kappa shape index (κ3) is 3.56. The van der Waals surface area contributed by atoms with Gasteiger partial charge in [0.2, 0.25) is 0 Å². The van der Waals surface area contributed by atoms with Crippen LogP contribution in [0.25, 0.3) is 0 Å². The van der Waals surface area contributed by atoms with Crippen molar-refractivity contribution in [2.24, 2.45) is 0 Å². The molecule has 9 heteroatoms. The lowest BCUT2D eigenvalue weighted by atomic mass is 9.92. The van der Waals surface area contributed by atoms with Crippen molar-refractivity contribution in [1.29, 1.82) is 0 Å². The van der Waals surface area contributed by atoms with Crippen molar-refractivity contribution in [2.45, 2.75) is 56.9 Å². The number of anilines is 1. The molecular formula is C15H21F6NOSi. The van der Waals surface area contributed by atoms with Gasteiger partial charge in [-0.25, -0.2) is 0 Å². The average Bonchev–Trinajstić information content (AvgIpc) is 2.48. The second-order valence-corrected chi connectivity index (χ2v) is 10.3. The van der Waals surface area contributed by atoms with Gasteiger partial charge in [-0.3, -0.25) is 0 Å². The van der Waals surface area contributed by atoms with Crippen LogP contribution >= 0.6 is 0 Å². The van der Waals surface area contributed by atoms with Gasteiger partial charge < -0.3 is 10.2 Å². The van der Waals surface area contributed by atoms with Crippen LogP contribution in [-0.4, -0.2) is 20.7 Å². The normalized spacial score (nSPS) is 14.0. The predicted molar refractivity (Wildman–Crippen MR) is 82.9 cm³/mol. The Morgan fingerprint density at radius 3 is 1.50 bits per heavy atom. The number of hydrogen-bond acceptors (Lipinski definition) is 2. The summed E-state index contributed by atoms with van der Waals surface area (Å²) >= 11 is 0. The summed E-state index contributed by atoms with van der Waals surface area (Å²) in [4.78, 5) is 0. The van der Waals surface area contributed by atoms with Gasteiger partial charge in [0.15, 0.2) is 8.32 Å². The molecule has 0 aliphatic heterocycles. The lowest BCUT2D eigenvalue weighted by Gasteiger charge is -2.44. The van der Waals surface area contributed by atoms with Crippen LogP contribution in [0, 0.1) is 0 Å². The fourth-order valence-corrected chi connectivity index (χ4v) is 5.60. The number of alkyl halides is 6. The summed E-state index contributed by atoms with van der Waals surface area (Å²) in [5.74, 6) is 0. The summed E-state index contributed by atoms with van der Waals surface area (Å²) in [6.07, 6.45) is -11.3. The topological polar surface area (TPSA) is 35.2 Å². The van der Waals surface area contributed by atoms with Gasteiger partial charge in [-0.2, -0.15) is 26.3 Å². The first-order valence-corrected chi connectivity index (χ1v) is 10.1. The van der Waals surface area contributed by atoms with Gasteiger partial charge in [0.25, 0.3) is 5.60 Å². The van der Waals surface area contributed by atoms with Crippen LogP contribution in [0.2, 0.25) is 18.1 Å². The SMILES string of the molecule is CC[Si](CC)(CC)OC(c1ccc(N)cc1)(C(F)(F)F)C(F)(F)F. The summed E-state index contributed by atoms with van der Waals surface area (Å²) in [6, 6.07) is 3.96. The maximum absolute atomic E-state index is 13.7. The Morgan fingerprint density at radius 2 is 1.21 bits per heavy atom. The van der Waals surface area contributed by atoms with Crippen LogP contribution < -0.4 is 5.73 Å². The van der Waals surface area contributed by atoms with Crippen molar-refractivity contribution in [3.63, 3.8) is 0 Å². The highest BCUT2D eigenvalue weighted by Crippen LogP contribution is 2.55. The van der Waals surface area contributed by atoms with Crippen molar-refractivity contribution in [3.8, 4) is 0 Å². The molecule has 1 rings (SSSR count). The van der Waals surface area contributed by atoms with E-state index in [1.807, 2.05) is 0 Å². The third-order valence-corrected chi connectivity index (χ3v) is 9.02. The van der Waals surface area contributed by atoms with Crippen molar-refractivity contribution in [1.82, 2.24) is 0 Å². The number of nitrogens with two attached hydrogens (primary N) is 1. The van der Waals surface area contributed by atoms with E-state index in [0.29, 0.717) is 0 Å². The minimum atomic E-state index is -5.65. The van der Waals surface area contributed by atoms with Crippen molar-refractivity contribution >= 4 is 14.0 Å². The molecule has 0 saturated carbocycles. The Labute approximate surface area is 138 Å². The lowest BCUT2D eigenvalue weighted by Crippen LogP contribution is -2.61. The summed E-state index contributed by atoms with van der Waals surface area (Å²) < 4.78 is 87.5. The molecule has 24 heavy (non-hydrogen) atoms. The molecule has 0 aliphatic carbocycles. The van der Waals surface area contributed by atoms with E-state index in [-0.39, 0.29) is 23.8 Å². The van der Waals surface area contributed by atoms with E-state index in [2.05, 4.69) is 0 Å². The number of nitrogen functional groups attached to an aromatic ring is 1. The van der Waals surface area contributed by atoms with E-state index in [0.717, 1.165) is 24.3 Å². The first-order valence-electron chi connectivity index (χ1n) is 7.58. The van der Waals surface area contributed by atoms with E-state index in [4.69, 9.17) is 10.2 Å². The first-order chi connectivity index (χ1) is 10.9. The highest BCUT2D eigenvalue weighted by Gasteiger charge is 2.74. The van der Waals surface area contributed by atoms with Gasteiger partial charge in [0.05, 0.1) is 0 Å².